The lowest BCUT2D eigenvalue weighted by atomic mass is 10.1. The summed E-state index contributed by atoms with van der Waals surface area (Å²) >= 11 is 0. The summed E-state index contributed by atoms with van der Waals surface area (Å²) < 4.78 is 5.90. The first-order chi connectivity index (χ1) is 9.69. The van der Waals surface area contributed by atoms with Crippen molar-refractivity contribution in [1.82, 2.24) is 10.3 Å². The van der Waals surface area contributed by atoms with E-state index >= 15 is 0 Å². The maximum atomic E-state index is 5.90. The number of pyridine rings is 1. The van der Waals surface area contributed by atoms with Crippen molar-refractivity contribution in [3.8, 4) is 11.6 Å². The molecule has 0 radical (unpaired) electrons. The lowest BCUT2D eigenvalue weighted by Crippen LogP contribution is -2.13. The van der Waals surface area contributed by atoms with E-state index in [1.165, 1.54) is 11.1 Å². The van der Waals surface area contributed by atoms with Gasteiger partial charge in [-0.2, -0.15) is 0 Å². The molecule has 106 valence electrons. The second kappa shape index (κ2) is 7.06. The largest absolute Gasteiger partial charge is 0.439 e. The number of aryl methyl sites for hydroxylation is 2. The van der Waals surface area contributed by atoms with Gasteiger partial charge < -0.3 is 10.1 Å². The zero-order valence-corrected chi connectivity index (χ0v) is 12.4. The van der Waals surface area contributed by atoms with E-state index in [0.717, 1.165) is 30.8 Å². The zero-order chi connectivity index (χ0) is 14.4. The lowest BCUT2D eigenvalue weighted by Gasteiger charge is -2.10. The van der Waals surface area contributed by atoms with Crippen LogP contribution in [0.4, 0.5) is 0 Å². The van der Waals surface area contributed by atoms with E-state index in [0.29, 0.717) is 5.88 Å². The fourth-order valence-electron chi connectivity index (χ4n) is 1.96. The molecule has 0 unspecified atom stereocenters. The number of benzene rings is 1. The van der Waals surface area contributed by atoms with Crippen LogP contribution < -0.4 is 10.1 Å². The quantitative estimate of drug-likeness (QED) is 0.806. The highest BCUT2D eigenvalue weighted by Gasteiger charge is 2.04. The molecule has 0 aliphatic carbocycles. The fraction of sp³-hybridized carbons (Fsp3) is 0.353. The third kappa shape index (κ3) is 4.07. The molecule has 1 heterocycles. The number of rotatable bonds is 6. The first-order valence-corrected chi connectivity index (χ1v) is 7.10. The van der Waals surface area contributed by atoms with E-state index in [1.807, 2.05) is 25.1 Å². The van der Waals surface area contributed by atoms with Gasteiger partial charge in [-0.15, -0.1) is 0 Å². The monoisotopic (exact) mass is 270 g/mol. The molecule has 0 aliphatic heterocycles. The van der Waals surface area contributed by atoms with Crippen molar-refractivity contribution in [3.05, 3.63) is 53.2 Å². The van der Waals surface area contributed by atoms with Crippen LogP contribution in [-0.2, 0) is 6.54 Å². The van der Waals surface area contributed by atoms with E-state index in [4.69, 9.17) is 4.74 Å². The van der Waals surface area contributed by atoms with Crippen molar-refractivity contribution in [3.63, 3.8) is 0 Å². The fourth-order valence-corrected chi connectivity index (χ4v) is 1.96. The average molecular weight is 270 g/mol. The summed E-state index contributed by atoms with van der Waals surface area (Å²) in [5, 5.41) is 3.38. The molecule has 2 aromatic rings. The van der Waals surface area contributed by atoms with Crippen molar-refractivity contribution in [2.75, 3.05) is 6.54 Å². The van der Waals surface area contributed by atoms with Crippen molar-refractivity contribution >= 4 is 0 Å². The summed E-state index contributed by atoms with van der Waals surface area (Å²) in [6.07, 6.45) is 2.93. The van der Waals surface area contributed by atoms with E-state index in [2.05, 4.69) is 36.3 Å². The normalized spacial score (nSPS) is 10.6. The third-order valence-corrected chi connectivity index (χ3v) is 3.11. The van der Waals surface area contributed by atoms with Gasteiger partial charge in [0.2, 0.25) is 5.88 Å². The number of nitrogens with zero attached hydrogens (tertiary/aromatic N) is 1. The molecule has 0 spiro atoms. The van der Waals surface area contributed by atoms with Gasteiger partial charge in [-0.3, -0.25) is 0 Å². The molecule has 1 aromatic heterocycles. The average Bonchev–Trinajstić information content (AvgIpc) is 2.44. The maximum absolute atomic E-state index is 5.90. The van der Waals surface area contributed by atoms with E-state index in [9.17, 15) is 0 Å². The first kappa shape index (κ1) is 14.5. The van der Waals surface area contributed by atoms with Gasteiger partial charge in [0.15, 0.2) is 0 Å². The molecular formula is C17H22N2O. The van der Waals surface area contributed by atoms with Gasteiger partial charge in [-0.1, -0.05) is 19.1 Å². The number of aromatic nitrogens is 1. The Morgan fingerprint density at radius 2 is 2.00 bits per heavy atom. The third-order valence-electron chi connectivity index (χ3n) is 3.11. The molecule has 0 fully saturated rings. The molecule has 0 saturated carbocycles. The van der Waals surface area contributed by atoms with Gasteiger partial charge in [0, 0.05) is 18.8 Å². The van der Waals surface area contributed by atoms with Crippen molar-refractivity contribution in [2.45, 2.75) is 33.7 Å². The summed E-state index contributed by atoms with van der Waals surface area (Å²) in [5.74, 6) is 1.52. The summed E-state index contributed by atoms with van der Waals surface area (Å²) in [4.78, 5) is 4.28. The minimum atomic E-state index is 0.648. The molecule has 0 amide bonds. The summed E-state index contributed by atoms with van der Waals surface area (Å²) in [5.41, 5.74) is 3.49. The Morgan fingerprint density at radius 1 is 1.15 bits per heavy atom. The summed E-state index contributed by atoms with van der Waals surface area (Å²) in [6.45, 7) is 8.13. The Bertz CT molecular complexity index is 567. The number of ether oxygens (including phenoxy) is 1. The van der Waals surface area contributed by atoms with E-state index in [1.54, 1.807) is 6.20 Å². The smallest absolute Gasteiger partial charge is 0.219 e. The standard InChI is InChI=1S/C17H22N2O/c1-4-8-18-12-15-7-9-19-17(11-15)20-16-10-13(2)5-6-14(16)3/h5-7,9-11,18H,4,8,12H2,1-3H3. The van der Waals surface area contributed by atoms with Crippen LogP contribution in [0.15, 0.2) is 36.5 Å². The van der Waals surface area contributed by atoms with Gasteiger partial charge in [0.1, 0.15) is 5.75 Å². The van der Waals surface area contributed by atoms with Crippen molar-refractivity contribution < 1.29 is 4.74 Å². The summed E-state index contributed by atoms with van der Waals surface area (Å²) in [6, 6.07) is 10.2. The molecular weight excluding hydrogens is 248 g/mol. The van der Waals surface area contributed by atoms with Gasteiger partial charge in [-0.25, -0.2) is 4.98 Å². The predicted octanol–water partition coefficient (Wildman–Crippen LogP) is 3.99. The highest BCUT2D eigenvalue weighted by Crippen LogP contribution is 2.25. The van der Waals surface area contributed by atoms with E-state index < -0.39 is 0 Å². The molecule has 3 heteroatoms. The Labute approximate surface area is 121 Å². The van der Waals surface area contributed by atoms with E-state index in [-0.39, 0.29) is 0 Å². The van der Waals surface area contributed by atoms with Gasteiger partial charge in [-0.05, 0) is 55.6 Å². The zero-order valence-electron chi connectivity index (χ0n) is 12.4. The SMILES string of the molecule is CCCNCc1ccnc(Oc2cc(C)ccc2C)c1. The predicted molar refractivity (Wildman–Crippen MR) is 82.2 cm³/mol. The topological polar surface area (TPSA) is 34.2 Å². The van der Waals surface area contributed by atoms with Gasteiger partial charge in [0.05, 0.1) is 0 Å². The number of nitrogens with one attached hydrogen (secondary N) is 1. The molecule has 1 aromatic carbocycles. The number of hydrogen-bond acceptors (Lipinski definition) is 3. The van der Waals surface area contributed by atoms with Crippen LogP contribution in [0.2, 0.25) is 0 Å². The lowest BCUT2D eigenvalue weighted by molar-refractivity contribution is 0.458. The van der Waals surface area contributed by atoms with Crippen LogP contribution >= 0.6 is 0 Å². The van der Waals surface area contributed by atoms with Crippen LogP contribution in [0.3, 0.4) is 0 Å². The Morgan fingerprint density at radius 3 is 2.80 bits per heavy atom. The van der Waals surface area contributed by atoms with Crippen LogP contribution in [0.5, 0.6) is 11.6 Å². The maximum Gasteiger partial charge on any atom is 0.219 e. The molecule has 0 atom stereocenters. The highest BCUT2D eigenvalue weighted by atomic mass is 16.5. The van der Waals surface area contributed by atoms with Crippen LogP contribution in [-0.4, -0.2) is 11.5 Å². The second-order valence-corrected chi connectivity index (χ2v) is 5.05. The summed E-state index contributed by atoms with van der Waals surface area (Å²) in [7, 11) is 0. The second-order valence-electron chi connectivity index (χ2n) is 5.05. The molecule has 20 heavy (non-hydrogen) atoms. The Balaban J connectivity index is 2.09. The molecule has 0 bridgehead atoms. The minimum absolute atomic E-state index is 0.648. The van der Waals surface area contributed by atoms with Crippen molar-refractivity contribution in [1.29, 1.82) is 0 Å². The van der Waals surface area contributed by atoms with Gasteiger partial charge in [0.25, 0.3) is 0 Å². The molecule has 2 rings (SSSR count). The van der Waals surface area contributed by atoms with Crippen LogP contribution in [0.1, 0.15) is 30.0 Å². The first-order valence-electron chi connectivity index (χ1n) is 7.10. The molecule has 1 N–H and O–H groups in total. The highest BCUT2D eigenvalue weighted by molar-refractivity contribution is 5.38. The number of hydrogen-bond donors (Lipinski definition) is 1. The van der Waals surface area contributed by atoms with Gasteiger partial charge >= 0.3 is 0 Å². The Kier molecular flexibility index (Phi) is 5.13. The molecule has 3 nitrogen and oxygen atoms in total. The Hall–Kier alpha value is -1.87. The van der Waals surface area contributed by atoms with Crippen LogP contribution in [0.25, 0.3) is 0 Å². The molecule has 0 aliphatic rings. The van der Waals surface area contributed by atoms with Crippen LogP contribution in [0, 0.1) is 13.8 Å². The minimum Gasteiger partial charge on any atom is -0.439 e. The molecule has 0 saturated heterocycles. The van der Waals surface area contributed by atoms with Crippen molar-refractivity contribution in [2.24, 2.45) is 0 Å².